The average molecular weight is 511 g/mol. The largest absolute Gasteiger partial charge is 0.493 e. The van der Waals surface area contributed by atoms with Gasteiger partial charge in [0.25, 0.3) is 0 Å². The Labute approximate surface area is 213 Å². The minimum atomic E-state index is -0.983. The molecule has 2 aromatic carbocycles. The monoisotopic (exact) mass is 510 g/mol. The summed E-state index contributed by atoms with van der Waals surface area (Å²) in [5.41, 5.74) is 6.66. The van der Waals surface area contributed by atoms with Gasteiger partial charge in [-0.15, -0.1) is 11.3 Å². The summed E-state index contributed by atoms with van der Waals surface area (Å²) in [6.45, 7) is 4.00. The summed E-state index contributed by atoms with van der Waals surface area (Å²) < 4.78 is 16.2. The molecule has 0 atom stereocenters. The van der Waals surface area contributed by atoms with Gasteiger partial charge in [0.05, 0.1) is 7.11 Å². The Morgan fingerprint density at radius 2 is 1.75 bits per heavy atom. The number of para-hydroxylation sites is 2. The Hall–Kier alpha value is -4.08. The highest BCUT2D eigenvalue weighted by atomic mass is 32.1. The zero-order valence-electron chi connectivity index (χ0n) is 20.8. The molecule has 190 valence electrons. The quantitative estimate of drug-likeness (QED) is 0.221. The SMILES string of the molecule is CC.CN.CNc1scc(-c2cc3cccc(OC)c3o2)c1C(=O)O.O=Cc1cc2ccccc2o1. The lowest BCUT2D eigenvalue weighted by Gasteiger charge is -2.00. The molecular weight excluding hydrogens is 480 g/mol. The summed E-state index contributed by atoms with van der Waals surface area (Å²) in [5.74, 6) is 0.540. The van der Waals surface area contributed by atoms with Gasteiger partial charge < -0.3 is 29.7 Å². The fraction of sp³-hybridized carbons (Fsp3) is 0.185. The molecule has 0 aliphatic heterocycles. The molecule has 0 saturated carbocycles. The molecule has 5 rings (SSSR count). The minimum Gasteiger partial charge on any atom is -0.493 e. The first-order valence-corrected chi connectivity index (χ1v) is 12.0. The van der Waals surface area contributed by atoms with Gasteiger partial charge in [0.1, 0.15) is 21.9 Å². The first-order valence-electron chi connectivity index (χ1n) is 11.2. The molecular formula is C27H30N2O6S. The van der Waals surface area contributed by atoms with Crippen molar-refractivity contribution in [2.75, 3.05) is 26.5 Å². The lowest BCUT2D eigenvalue weighted by molar-refractivity contribution is 0.0699. The molecule has 0 unspecified atom stereocenters. The van der Waals surface area contributed by atoms with Crippen molar-refractivity contribution in [1.29, 1.82) is 0 Å². The molecule has 0 fully saturated rings. The number of fused-ring (bicyclic) bond motifs is 2. The highest BCUT2D eigenvalue weighted by molar-refractivity contribution is 7.15. The highest BCUT2D eigenvalue weighted by Gasteiger charge is 2.22. The Morgan fingerprint density at radius 3 is 2.36 bits per heavy atom. The summed E-state index contributed by atoms with van der Waals surface area (Å²) in [7, 11) is 4.77. The van der Waals surface area contributed by atoms with E-state index in [-0.39, 0.29) is 5.56 Å². The summed E-state index contributed by atoms with van der Waals surface area (Å²) in [6, 6.07) is 16.7. The van der Waals surface area contributed by atoms with E-state index in [0.717, 1.165) is 16.4 Å². The smallest absolute Gasteiger partial charge is 0.339 e. The van der Waals surface area contributed by atoms with Gasteiger partial charge in [0, 0.05) is 28.8 Å². The van der Waals surface area contributed by atoms with Gasteiger partial charge in [-0.1, -0.05) is 44.2 Å². The van der Waals surface area contributed by atoms with Gasteiger partial charge in [0.15, 0.2) is 23.4 Å². The topological polar surface area (TPSA) is 128 Å². The fourth-order valence-electron chi connectivity index (χ4n) is 3.33. The van der Waals surface area contributed by atoms with Crippen LogP contribution >= 0.6 is 11.3 Å². The van der Waals surface area contributed by atoms with E-state index in [1.807, 2.05) is 56.3 Å². The lowest BCUT2D eigenvalue weighted by Crippen LogP contribution is -2.00. The number of methoxy groups -OCH3 is 1. The second-order valence-corrected chi connectivity index (χ2v) is 7.58. The van der Waals surface area contributed by atoms with E-state index in [1.54, 1.807) is 31.7 Å². The number of carboxylic acid groups (broad SMARTS) is 1. The second kappa shape index (κ2) is 13.7. The molecule has 0 spiro atoms. The number of carbonyl (C=O) groups is 2. The molecule has 4 N–H and O–H groups in total. The highest BCUT2D eigenvalue weighted by Crippen LogP contribution is 2.39. The van der Waals surface area contributed by atoms with Gasteiger partial charge in [-0.25, -0.2) is 4.79 Å². The molecule has 3 heterocycles. The Morgan fingerprint density at radius 1 is 1.06 bits per heavy atom. The van der Waals surface area contributed by atoms with E-state index in [0.29, 0.717) is 39.7 Å². The van der Waals surface area contributed by atoms with Crippen LogP contribution in [0, 0.1) is 0 Å². The Balaban J connectivity index is 0.000000256. The van der Waals surface area contributed by atoms with Crippen LogP contribution in [0.15, 0.2) is 68.8 Å². The van der Waals surface area contributed by atoms with Crippen LogP contribution in [0.4, 0.5) is 5.00 Å². The first kappa shape index (κ1) is 28.2. The number of rotatable bonds is 5. The molecule has 0 amide bonds. The number of nitrogens with one attached hydrogen (secondary N) is 1. The Bertz CT molecular complexity index is 1380. The molecule has 0 saturated heterocycles. The lowest BCUT2D eigenvalue weighted by atomic mass is 10.1. The number of aromatic carboxylic acids is 1. The van der Waals surface area contributed by atoms with Crippen LogP contribution in [-0.4, -0.2) is 38.6 Å². The van der Waals surface area contributed by atoms with Crippen LogP contribution in [0.1, 0.15) is 34.8 Å². The van der Waals surface area contributed by atoms with Gasteiger partial charge >= 0.3 is 5.97 Å². The molecule has 0 bridgehead atoms. The van der Waals surface area contributed by atoms with Crippen molar-refractivity contribution in [3.63, 3.8) is 0 Å². The zero-order chi connectivity index (χ0) is 26.7. The molecule has 5 aromatic rings. The maximum Gasteiger partial charge on any atom is 0.339 e. The number of carbonyl (C=O) groups excluding carboxylic acids is 1. The van der Waals surface area contributed by atoms with E-state index in [2.05, 4.69) is 11.1 Å². The van der Waals surface area contributed by atoms with Gasteiger partial charge in [0.2, 0.25) is 0 Å². The van der Waals surface area contributed by atoms with Crippen molar-refractivity contribution in [2.45, 2.75) is 13.8 Å². The first-order chi connectivity index (χ1) is 17.5. The van der Waals surface area contributed by atoms with Crippen molar-refractivity contribution < 1.29 is 28.3 Å². The van der Waals surface area contributed by atoms with Crippen molar-refractivity contribution in [2.24, 2.45) is 5.73 Å². The number of benzene rings is 2. The van der Waals surface area contributed by atoms with E-state index >= 15 is 0 Å². The molecule has 0 aliphatic rings. The standard InChI is InChI=1S/C15H13NO4S.C9H6O2.C2H6.CH5N/c1-16-14-12(15(17)18)9(7-21-14)11-6-8-4-3-5-10(19-2)13(8)20-11;10-6-8-5-7-3-1-2-4-9(7)11-8;2*1-2/h3-7,16H,1-2H3,(H,17,18);1-6H;1-2H3;2H2,1H3. The number of nitrogens with two attached hydrogens (primary N) is 1. The van der Waals surface area contributed by atoms with Crippen LogP contribution in [0.2, 0.25) is 0 Å². The molecule has 8 nitrogen and oxygen atoms in total. The third-order valence-corrected chi connectivity index (χ3v) is 5.78. The van der Waals surface area contributed by atoms with Gasteiger partial charge in [-0.05, 0) is 31.3 Å². The molecule has 0 radical (unpaired) electrons. The Kier molecular flexibility index (Phi) is 10.7. The summed E-state index contributed by atoms with van der Waals surface area (Å²) >= 11 is 1.34. The number of thiophene rings is 1. The van der Waals surface area contributed by atoms with Crippen molar-refractivity contribution in [3.8, 4) is 17.1 Å². The number of aldehydes is 1. The third kappa shape index (κ3) is 6.12. The second-order valence-electron chi connectivity index (χ2n) is 6.70. The summed E-state index contributed by atoms with van der Waals surface area (Å²) in [5, 5.41) is 16.5. The predicted octanol–water partition coefficient (Wildman–Crippen LogP) is 6.76. The van der Waals surface area contributed by atoms with Crippen molar-refractivity contribution in [3.05, 3.63) is 71.3 Å². The van der Waals surface area contributed by atoms with Crippen LogP contribution in [-0.2, 0) is 0 Å². The fourth-order valence-corrected chi connectivity index (χ4v) is 4.23. The number of anilines is 1. The van der Waals surface area contributed by atoms with E-state index < -0.39 is 5.97 Å². The molecule has 3 aromatic heterocycles. The van der Waals surface area contributed by atoms with Crippen LogP contribution in [0.3, 0.4) is 0 Å². The molecule has 36 heavy (non-hydrogen) atoms. The van der Waals surface area contributed by atoms with E-state index in [4.69, 9.17) is 13.6 Å². The number of hydrogen-bond acceptors (Lipinski definition) is 8. The van der Waals surface area contributed by atoms with Crippen molar-refractivity contribution >= 4 is 50.5 Å². The average Bonchev–Trinajstić information content (AvgIpc) is 3.66. The van der Waals surface area contributed by atoms with Gasteiger partial charge in [-0.3, -0.25) is 4.79 Å². The van der Waals surface area contributed by atoms with E-state index in [1.165, 1.54) is 18.4 Å². The van der Waals surface area contributed by atoms with Crippen LogP contribution < -0.4 is 15.8 Å². The van der Waals surface area contributed by atoms with Crippen LogP contribution in [0.5, 0.6) is 5.75 Å². The summed E-state index contributed by atoms with van der Waals surface area (Å²) in [6.07, 6.45) is 0.708. The zero-order valence-corrected chi connectivity index (χ0v) is 21.6. The number of hydrogen-bond donors (Lipinski definition) is 3. The van der Waals surface area contributed by atoms with Gasteiger partial charge in [-0.2, -0.15) is 0 Å². The van der Waals surface area contributed by atoms with Crippen molar-refractivity contribution in [1.82, 2.24) is 0 Å². The molecule has 0 aliphatic carbocycles. The predicted molar refractivity (Wildman–Crippen MR) is 146 cm³/mol. The summed E-state index contributed by atoms with van der Waals surface area (Å²) in [4.78, 5) is 21.8. The maximum atomic E-state index is 11.5. The maximum absolute atomic E-state index is 11.5. The molecule has 9 heteroatoms. The van der Waals surface area contributed by atoms with E-state index in [9.17, 15) is 14.7 Å². The minimum absolute atomic E-state index is 0.223. The van der Waals surface area contributed by atoms with Crippen LogP contribution in [0.25, 0.3) is 33.3 Å². The number of furan rings is 2. The normalized spacial score (nSPS) is 9.72. The number of carboxylic acids is 1. The number of ether oxygens (including phenoxy) is 1. The third-order valence-electron chi connectivity index (χ3n) is 4.79.